The molecule has 0 saturated heterocycles. The summed E-state index contributed by atoms with van der Waals surface area (Å²) in [6, 6.07) is 19.5. The Labute approximate surface area is 199 Å². The summed E-state index contributed by atoms with van der Waals surface area (Å²) in [5.74, 6) is -0.452. The van der Waals surface area contributed by atoms with Gasteiger partial charge in [0.2, 0.25) is 5.91 Å². The van der Waals surface area contributed by atoms with Gasteiger partial charge in [-0.15, -0.1) is 0 Å². The lowest BCUT2D eigenvalue weighted by Crippen LogP contribution is -2.41. The maximum Gasteiger partial charge on any atom is 0.297 e. The van der Waals surface area contributed by atoms with Crippen molar-refractivity contribution < 1.29 is 27.3 Å². The summed E-state index contributed by atoms with van der Waals surface area (Å²) in [7, 11) is -3.04. The fourth-order valence-electron chi connectivity index (χ4n) is 4.16. The Hall–Kier alpha value is -3.07. The second kappa shape index (κ2) is 10.9. The fraction of sp³-hybridized carbons (Fsp3) is 0.308. The lowest BCUT2D eigenvalue weighted by Gasteiger charge is -2.30. The molecule has 180 valence electrons. The minimum atomic E-state index is -4.56. The standard InChI is InChI=1S/C26H29NO6S/c1-19(28)26(33-2,18-20-10-4-3-5-11-20)17-9-8-14-24(29)27-23-16-15-21-12-6-7-13-22(21)25(23)34(30,31)32/h3-7,10-13,15-16H,8-9,14,17-18H2,1-2H3,(H,27,29)(H,30,31,32). The van der Waals surface area contributed by atoms with E-state index >= 15 is 0 Å². The smallest absolute Gasteiger partial charge is 0.297 e. The van der Waals surface area contributed by atoms with Crippen molar-refractivity contribution >= 4 is 38.3 Å². The van der Waals surface area contributed by atoms with Gasteiger partial charge in [0.25, 0.3) is 10.1 Å². The molecule has 3 aromatic carbocycles. The van der Waals surface area contributed by atoms with Gasteiger partial charge in [0, 0.05) is 25.3 Å². The second-order valence-corrected chi connectivity index (χ2v) is 9.67. The van der Waals surface area contributed by atoms with Crippen LogP contribution in [0.2, 0.25) is 0 Å². The number of carbonyl (C=O) groups excluding carboxylic acids is 2. The number of methoxy groups -OCH3 is 1. The molecule has 0 spiro atoms. The Morgan fingerprint density at radius 3 is 2.29 bits per heavy atom. The highest BCUT2D eigenvalue weighted by Gasteiger charge is 2.35. The van der Waals surface area contributed by atoms with E-state index < -0.39 is 15.7 Å². The van der Waals surface area contributed by atoms with Crippen molar-refractivity contribution in [3.8, 4) is 0 Å². The van der Waals surface area contributed by atoms with Crippen LogP contribution in [0.25, 0.3) is 10.8 Å². The zero-order valence-electron chi connectivity index (χ0n) is 19.3. The number of ether oxygens (including phenoxy) is 1. The molecule has 3 rings (SSSR count). The lowest BCUT2D eigenvalue weighted by molar-refractivity contribution is -0.139. The van der Waals surface area contributed by atoms with Gasteiger partial charge in [-0.2, -0.15) is 8.42 Å². The zero-order chi connectivity index (χ0) is 24.8. The van der Waals surface area contributed by atoms with Crippen LogP contribution in [-0.2, 0) is 30.9 Å². The number of ketones is 1. The third kappa shape index (κ3) is 6.08. The van der Waals surface area contributed by atoms with Crippen LogP contribution in [0.3, 0.4) is 0 Å². The third-order valence-corrected chi connectivity index (χ3v) is 6.97. The van der Waals surface area contributed by atoms with Crippen LogP contribution in [-0.4, -0.2) is 37.4 Å². The molecule has 2 N–H and O–H groups in total. The van der Waals surface area contributed by atoms with Gasteiger partial charge in [-0.1, -0.05) is 60.7 Å². The first-order valence-corrected chi connectivity index (χ1v) is 12.5. The van der Waals surface area contributed by atoms with Crippen molar-refractivity contribution in [2.45, 2.75) is 49.5 Å². The van der Waals surface area contributed by atoms with Gasteiger partial charge in [0.05, 0.1) is 5.69 Å². The maximum absolute atomic E-state index is 12.6. The summed E-state index contributed by atoms with van der Waals surface area (Å²) in [6.45, 7) is 1.51. The molecule has 0 aromatic heterocycles. The van der Waals surface area contributed by atoms with Crippen LogP contribution in [0.15, 0.2) is 71.6 Å². The van der Waals surface area contributed by atoms with Crippen molar-refractivity contribution in [2.24, 2.45) is 0 Å². The Bertz CT molecular complexity index is 1270. The largest absolute Gasteiger partial charge is 0.370 e. The molecule has 0 heterocycles. The molecule has 0 fully saturated rings. The van der Waals surface area contributed by atoms with E-state index in [-0.39, 0.29) is 28.7 Å². The van der Waals surface area contributed by atoms with Gasteiger partial charge >= 0.3 is 0 Å². The SMILES string of the molecule is COC(CCCCC(=O)Nc1ccc2ccccc2c1S(=O)(=O)O)(Cc1ccccc1)C(C)=O. The molecule has 0 aliphatic carbocycles. The van der Waals surface area contributed by atoms with E-state index in [1.807, 2.05) is 30.3 Å². The van der Waals surface area contributed by atoms with Gasteiger partial charge in [-0.25, -0.2) is 0 Å². The molecule has 0 aliphatic rings. The molecule has 0 bridgehead atoms. The lowest BCUT2D eigenvalue weighted by atomic mass is 9.85. The first-order valence-electron chi connectivity index (χ1n) is 11.1. The van der Waals surface area contributed by atoms with E-state index in [0.29, 0.717) is 36.5 Å². The van der Waals surface area contributed by atoms with E-state index in [9.17, 15) is 22.6 Å². The topological polar surface area (TPSA) is 110 Å². The van der Waals surface area contributed by atoms with Gasteiger partial charge in [-0.05, 0) is 43.2 Å². The summed E-state index contributed by atoms with van der Waals surface area (Å²) >= 11 is 0. The molecule has 1 unspecified atom stereocenters. The van der Waals surface area contributed by atoms with Crippen LogP contribution in [0.5, 0.6) is 0 Å². The van der Waals surface area contributed by atoms with Crippen LogP contribution in [0.1, 0.15) is 38.2 Å². The number of amides is 1. The summed E-state index contributed by atoms with van der Waals surface area (Å²) in [5.41, 5.74) is 0.0606. The summed E-state index contributed by atoms with van der Waals surface area (Å²) < 4.78 is 39.5. The second-order valence-electron chi connectivity index (χ2n) is 8.31. The average molecular weight is 484 g/mol. The predicted octanol–water partition coefficient (Wildman–Crippen LogP) is 4.80. The fourth-order valence-corrected chi connectivity index (χ4v) is 5.02. The van der Waals surface area contributed by atoms with E-state index in [0.717, 1.165) is 5.56 Å². The van der Waals surface area contributed by atoms with Gasteiger partial charge in [0.15, 0.2) is 5.78 Å². The Kier molecular flexibility index (Phi) is 8.19. The van der Waals surface area contributed by atoms with Gasteiger partial charge in [0.1, 0.15) is 10.5 Å². The molecule has 0 radical (unpaired) electrons. The molecule has 3 aromatic rings. The molecular weight excluding hydrogens is 454 g/mol. The molecule has 0 aliphatic heterocycles. The maximum atomic E-state index is 12.6. The highest BCUT2D eigenvalue weighted by atomic mass is 32.2. The molecule has 7 nitrogen and oxygen atoms in total. The molecule has 1 amide bonds. The monoisotopic (exact) mass is 483 g/mol. The molecule has 8 heteroatoms. The zero-order valence-corrected chi connectivity index (χ0v) is 20.1. The summed E-state index contributed by atoms with van der Waals surface area (Å²) in [4.78, 5) is 24.7. The summed E-state index contributed by atoms with van der Waals surface area (Å²) in [6.07, 6.45) is 2.07. The minimum absolute atomic E-state index is 0.0326. The number of hydrogen-bond acceptors (Lipinski definition) is 5. The average Bonchev–Trinajstić information content (AvgIpc) is 2.80. The Morgan fingerprint density at radius 1 is 0.971 bits per heavy atom. The van der Waals surface area contributed by atoms with Gasteiger partial charge < -0.3 is 10.1 Å². The van der Waals surface area contributed by atoms with Crippen LogP contribution in [0, 0.1) is 0 Å². The van der Waals surface area contributed by atoms with Crippen LogP contribution < -0.4 is 5.32 Å². The summed E-state index contributed by atoms with van der Waals surface area (Å²) in [5, 5.41) is 3.57. The highest BCUT2D eigenvalue weighted by Crippen LogP contribution is 2.31. The molecule has 1 atom stereocenters. The molecule has 34 heavy (non-hydrogen) atoms. The van der Waals surface area contributed by atoms with E-state index in [1.54, 1.807) is 30.3 Å². The predicted molar refractivity (Wildman–Crippen MR) is 131 cm³/mol. The van der Waals surface area contributed by atoms with Crippen LogP contribution in [0.4, 0.5) is 5.69 Å². The van der Waals surface area contributed by atoms with E-state index in [1.165, 1.54) is 20.1 Å². The van der Waals surface area contributed by atoms with Crippen molar-refractivity contribution in [1.82, 2.24) is 0 Å². The Morgan fingerprint density at radius 2 is 1.65 bits per heavy atom. The normalized spacial score (nSPS) is 13.4. The molecule has 0 saturated carbocycles. The number of nitrogens with one attached hydrogen (secondary N) is 1. The number of hydrogen-bond donors (Lipinski definition) is 2. The van der Waals surface area contributed by atoms with E-state index in [2.05, 4.69) is 5.32 Å². The first-order chi connectivity index (χ1) is 16.2. The van der Waals surface area contributed by atoms with E-state index in [4.69, 9.17) is 4.74 Å². The Balaban J connectivity index is 1.65. The first kappa shape index (κ1) is 25.6. The molecular formula is C26H29NO6S. The number of fused-ring (bicyclic) bond motifs is 1. The number of unbranched alkanes of at least 4 members (excludes halogenated alkanes) is 1. The number of benzene rings is 3. The third-order valence-electron chi connectivity index (χ3n) is 6.01. The van der Waals surface area contributed by atoms with Crippen LogP contribution >= 0.6 is 0 Å². The number of Topliss-reactive ketones (excluding diaryl/α,β-unsaturated/α-hetero) is 1. The quantitative estimate of drug-likeness (QED) is 0.299. The minimum Gasteiger partial charge on any atom is -0.370 e. The van der Waals surface area contributed by atoms with Gasteiger partial charge in [-0.3, -0.25) is 14.1 Å². The highest BCUT2D eigenvalue weighted by molar-refractivity contribution is 7.86. The van der Waals surface area contributed by atoms with Crippen molar-refractivity contribution in [2.75, 3.05) is 12.4 Å². The number of carbonyl (C=O) groups is 2. The number of anilines is 1. The number of rotatable bonds is 11. The van der Waals surface area contributed by atoms with Crippen molar-refractivity contribution in [3.63, 3.8) is 0 Å². The van der Waals surface area contributed by atoms with Crippen molar-refractivity contribution in [3.05, 3.63) is 72.3 Å². The van der Waals surface area contributed by atoms with Crippen molar-refractivity contribution in [1.29, 1.82) is 0 Å².